The maximum atomic E-state index is 12.4. The highest BCUT2D eigenvalue weighted by Crippen LogP contribution is 2.51. The summed E-state index contributed by atoms with van der Waals surface area (Å²) in [4.78, 5) is 26.4. The van der Waals surface area contributed by atoms with Crippen LogP contribution < -0.4 is 0 Å². The summed E-state index contributed by atoms with van der Waals surface area (Å²) in [5.41, 5.74) is 1.26. The number of carboxylic acid groups (broad SMARTS) is 1. The number of carbonyl (C=O) groups is 2. The topological polar surface area (TPSA) is 57.6 Å². The molecule has 0 aromatic carbocycles. The first-order chi connectivity index (χ1) is 9.45. The largest absolute Gasteiger partial charge is 0.481 e. The average Bonchev–Trinajstić information content (AvgIpc) is 3.09. The fraction of sp³-hybridized carbons (Fsp3) is 0.600. The molecule has 0 unspecified atom stereocenters. The zero-order chi connectivity index (χ0) is 14.9. The van der Waals surface area contributed by atoms with Gasteiger partial charge in [0, 0.05) is 29.8 Å². The van der Waals surface area contributed by atoms with Crippen LogP contribution in [-0.2, 0) is 9.59 Å². The van der Waals surface area contributed by atoms with Gasteiger partial charge in [-0.3, -0.25) is 9.59 Å². The number of aliphatic carboxylic acids is 1. The second-order valence-electron chi connectivity index (χ2n) is 5.53. The van der Waals surface area contributed by atoms with E-state index in [0.29, 0.717) is 19.0 Å². The van der Waals surface area contributed by atoms with Gasteiger partial charge in [0.05, 0.1) is 5.92 Å². The van der Waals surface area contributed by atoms with Crippen LogP contribution in [0.4, 0.5) is 0 Å². The number of thiophene rings is 1. The molecule has 1 N–H and O–H groups in total. The first-order valence-corrected chi connectivity index (χ1v) is 7.89. The molecule has 20 heavy (non-hydrogen) atoms. The zero-order valence-electron chi connectivity index (χ0n) is 12.1. The molecule has 4 nitrogen and oxygen atoms in total. The number of hydrogen-bond acceptors (Lipinski definition) is 3. The van der Waals surface area contributed by atoms with E-state index in [9.17, 15) is 9.59 Å². The Labute approximate surface area is 123 Å². The van der Waals surface area contributed by atoms with E-state index in [1.807, 2.05) is 6.92 Å². The Morgan fingerprint density at radius 1 is 1.55 bits per heavy atom. The van der Waals surface area contributed by atoms with Crippen LogP contribution in [-0.4, -0.2) is 35.0 Å². The fourth-order valence-corrected chi connectivity index (χ4v) is 3.65. The Balaban J connectivity index is 1.98. The third-order valence-corrected chi connectivity index (χ3v) is 5.11. The van der Waals surface area contributed by atoms with Crippen LogP contribution in [0.3, 0.4) is 0 Å². The summed E-state index contributed by atoms with van der Waals surface area (Å²) in [6.45, 7) is 6.50. The first kappa shape index (κ1) is 15.0. The van der Waals surface area contributed by atoms with Crippen LogP contribution in [0.2, 0.25) is 0 Å². The summed E-state index contributed by atoms with van der Waals surface area (Å²) in [6.07, 6.45) is 0.901. The van der Waals surface area contributed by atoms with Crippen LogP contribution in [0.25, 0.3) is 0 Å². The smallest absolute Gasteiger partial charge is 0.308 e. The van der Waals surface area contributed by atoms with Gasteiger partial charge in [-0.25, -0.2) is 0 Å². The first-order valence-electron chi connectivity index (χ1n) is 7.01. The molecule has 0 saturated heterocycles. The lowest BCUT2D eigenvalue weighted by Gasteiger charge is -2.23. The summed E-state index contributed by atoms with van der Waals surface area (Å²) >= 11 is 1.71. The van der Waals surface area contributed by atoms with E-state index in [2.05, 4.69) is 18.4 Å². The van der Waals surface area contributed by atoms with Crippen molar-refractivity contribution in [3.05, 3.63) is 21.9 Å². The van der Waals surface area contributed by atoms with Gasteiger partial charge < -0.3 is 10.0 Å². The van der Waals surface area contributed by atoms with Gasteiger partial charge in [-0.2, -0.15) is 0 Å². The molecule has 2 rings (SSSR count). The van der Waals surface area contributed by atoms with Crippen LogP contribution in [0.15, 0.2) is 11.4 Å². The Kier molecular flexibility index (Phi) is 4.48. The molecule has 1 aromatic heterocycles. The summed E-state index contributed by atoms with van der Waals surface area (Å²) in [5.74, 6) is -0.861. The van der Waals surface area contributed by atoms with Gasteiger partial charge in [0.25, 0.3) is 0 Å². The van der Waals surface area contributed by atoms with Crippen molar-refractivity contribution in [1.82, 2.24) is 4.90 Å². The minimum Gasteiger partial charge on any atom is -0.481 e. The molecular weight excluding hydrogens is 274 g/mol. The van der Waals surface area contributed by atoms with E-state index >= 15 is 0 Å². The molecule has 1 saturated carbocycles. The van der Waals surface area contributed by atoms with Crippen molar-refractivity contribution in [3.63, 3.8) is 0 Å². The number of rotatable bonds is 6. The molecule has 1 aliphatic carbocycles. The number of aryl methyl sites for hydroxylation is 1. The Bertz CT molecular complexity index is 511. The van der Waals surface area contributed by atoms with Gasteiger partial charge in [0.2, 0.25) is 5.91 Å². The minimum atomic E-state index is -0.849. The lowest BCUT2D eigenvalue weighted by Crippen LogP contribution is -2.37. The third-order valence-electron chi connectivity index (χ3n) is 3.96. The van der Waals surface area contributed by atoms with Crippen molar-refractivity contribution in [2.45, 2.75) is 33.1 Å². The SMILES string of the molecule is CCN(C[C@H](C)C(=O)O)C(=O)[C@H]1C[C@H]1c1sccc1C. The van der Waals surface area contributed by atoms with Crippen LogP contribution >= 0.6 is 11.3 Å². The molecule has 5 heteroatoms. The normalized spacial score (nSPS) is 22.4. The van der Waals surface area contributed by atoms with Crippen molar-refractivity contribution >= 4 is 23.2 Å². The lowest BCUT2D eigenvalue weighted by atomic mass is 10.1. The van der Waals surface area contributed by atoms with Crippen molar-refractivity contribution < 1.29 is 14.7 Å². The molecule has 110 valence electrons. The molecule has 0 bridgehead atoms. The summed E-state index contributed by atoms with van der Waals surface area (Å²) in [7, 11) is 0. The minimum absolute atomic E-state index is 0.0493. The van der Waals surface area contributed by atoms with Crippen LogP contribution in [0, 0.1) is 18.8 Å². The number of hydrogen-bond donors (Lipinski definition) is 1. The number of carboxylic acids is 1. The molecule has 0 spiro atoms. The number of carbonyl (C=O) groups excluding carboxylic acids is 1. The van der Waals surface area contributed by atoms with Gasteiger partial charge in [-0.1, -0.05) is 6.92 Å². The Morgan fingerprint density at radius 3 is 2.75 bits per heavy atom. The highest BCUT2D eigenvalue weighted by Gasteiger charge is 2.46. The second-order valence-corrected chi connectivity index (χ2v) is 6.48. The molecule has 1 aliphatic rings. The van der Waals surface area contributed by atoms with Gasteiger partial charge in [-0.15, -0.1) is 11.3 Å². The monoisotopic (exact) mass is 295 g/mol. The van der Waals surface area contributed by atoms with Crippen molar-refractivity contribution in [2.75, 3.05) is 13.1 Å². The second kappa shape index (κ2) is 5.95. The molecule has 0 radical (unpaired) electrons. The van der Waals surface area contributed by atoms with Crippen molar-refractivity contribution in [3.8, 4) is 0 Å². The summed E-state index contributed by atoms with van der Waals surface area (Å²) in [5, 5.41) is 11.0. The number of amides is 1. The quantitative estimate of drug-likeness (QED) is 0.878. The summed E-state index contributed by atoms with van der Waals surface area (Å²) in [6, 6.07) is 2.09. The highest BCUT2D eigenvalue weighted by molar-refractivity contribution is 7.10. The van der Waals surface area contributed by atoms with Crippen LogP contribution in [0.5, 0.6) is 0 Å². The van der Waals surface area contributed by atoms with E-state index in [1.54, 1.807) is 23.2 Å². The van der Waals surface area contributed by atoms with Crippen LogP contribution in [0.1, 0.15) is 36.6 Å². The average molecular weight is 295 g/mol. The van der Waals surface area contributed by atoms with Gasteiger partial charge >= 0.3 is 5.97 Å². The van der Waals surface area contributed by atoms with E-state index in [0.717, 1.165) is 6.42 Å². The van der Waals surface area contributed by atoms with Crippen molar-refractivity contribution in [1.29, 1.82) is 0 Å². The number of nitrogens with zero attached hydrogens (tertiary/aromatic N) is 1. The lowest BCUT2D eigenvalue weighted by molar-refractivity contribution is -0.143. The molecule has 3 atom stereocenters. The highest BCUT2D eigenvalue weighted by atomic mass is 32.1. The van der Waals surface area contributed by atoms with Gasteiger partial charge in [0.15, 0.2) is 0 Å². The van der Waals surface area contributed by atoms with Crippen molar-refractivity contribution in [2.24, 2.45) is 11.8 Å². The van der Waals surface area contributed by atoms with Gasteiger partial charge in [0.1, 0.15) is 0 Å². The Hall–Kier alpha value is -1.36. The van der Waals surface area contributed by atoms with E-state index in [-0.39, 0.29) is 11.8 Å². The standard InChI is InChI=1S/C15H21NO3S/c1-4-16(8-10(3)15(18)19)14(17)12-7-11(12)13-9(2)5-6-20-13/h5-6,10-12H,4,7-8H2,1-3H3,(H,18,19)/t10-,11+,12-/m0/s1. The predicted molar refractivity (Wildman–Crippen MR) is 79.0 cm³/mol. The molecule has 0 aliphatic heterocycles. The molecule has 1 heterocycles. The third kappa shape index (κ3) is 3.03. The fourth-order valence-electron chi connectivity index (χ4n) is 2.54. The maximum absolute atomic E-state index is 12.4. The molecule has 1 amide bonds. The molecule has 1 aromatic rings. The van der Waals surface area contributed by atoms with Gasteiger partial charge in [-0.05, 0) is 37.3 Å². The molecule has 1 fully saturated rings. The predicted octanol–water partition coefficient (Wildman–Crippen LogP) is 2.73. The molecular formula is C15H21NO3S. The van der Waals surface area contributed by atoms with E-state index in [4.69, 9.17) is 5.11 Å². The zero-order valence-corrected chi connectivity index (χ0v) is 12.9. The Morgan fingerprint density at radius 2 is 2.25 bits per heavy atom. The maximum Gasteiger partial charge on any atom is 0.308 e. The van der Waals surface area contributed by atoms with E-state index < -0.39 is 11.9 Å². The summed E-state index contributed by atoms with van der Waals surface area (Å²) < 4.78 is 0. The van der Waals surface area contributed by atoms with E-state index in [1.165, 1.54) is 10.4 Å².